The Morgan fingerprint density at radius 1 is 1.23 bits per heavy atom. The van der Waals surface area contributed by atoms with Gasteiger partial charge in [0, 0.05) is 29.6 Å². The van der Waals surface area contributed by atoms with Gasteiger partial charge in [-0.1, -0.05) is 13.8 Å². The summed E-state index contributed by atoms with van der Waals surface area (Å²) in [6, 6.07) is 5.86. The van der Waals surface area contributed by atoms with Crippen LogP contribution in [0.3, 0.4) is 0 Å². The molecule has 2 aliphatic heterocycles. The Morgan fingerprint density at radius 2 is 1.95 bits per heavy atom. The molecule has 2 aliphatic rings. The number of anilines is 1. The van der Waals surface area contributed by atoms with E-state index < -0.39 is 0 Å². The Labute approximate surface area is 131 Å². The second-order valence-corrected chi connectivity index (χ2v) is 6.63. The first-order valence-electron chi connectivity index (χ1n) is 8.27. The highest BCUT2D eigenvalue weighted by Gasteiger charge is 2.28. The molecule has 4 heteroatoms. The number of nitrogens with zero attached hydrogens (tertiary/aromatic N) is 1. The fraction of sp³-hybridized carbons (Fsp3) is 0.556. The molecule has 1 N–H and O–H groups in total. The number of ketones is 1. The second kappa shape index (κ2) is 6.21. The molecule has 0 spiro atoms. The maximum absolute atomic E-state index is 12.6. The zero-order chi connectivity index (χ0) is 15.7. The van der Waals surface area contributed by atoms with E-state index in [2.05, 4.69) is 5.32 Å². The third-order valence-electron chi connectivity index (χ3n) is 4.73. The maximum Gasteiger partial charge on any atom is 0.229 e. The Bertz CT molecular complexity index is 589. The summed E-state index contributed by atoms with van der Waals surface area (Å²) >= 11 is 0. The molecule has 0 bridgehead atoms. The number of amides is 1. The van der Waals surface area contributed by atoms with Crippen LogP contribution >= 0.6 is 0 Å². The number of fused-ring (bicyclic) bond motifs is 1. The number of hydrogen-bond donors (Lipinski definition) is 1. The molecule has 4 nitrogen and oxygen atoms in total. The average Bonchev–Trinajstić information content (AvgIpc) is 2.97. The van der Waals surface area contributed by atoms with Gasteiger partial charge in [-0.15, -0.1) is 0 Å². The van der Waals surface area contributed by atoms with E-state index in [0.717, 1.165) is 55.7 Å². The predicted molar refractivity (Wildman–Crippen MR) is 87.3 cm³/mol. The van der Waals surface area contributed by atoms with E-state index in [9.17, 15) is 9.59 Å². The first-order chi connectivity index (χ1) is 10.6. The molecule has 22 heavy (non-hydrogen) atoms. The van der Waals surface area contributed by atoms with Crippen LogP contribution < -0.4 is 10.2 Å². The Kier molecular flexibility index (Phi) is 4.30. The summed E-state index contributed by atoms with van der Waals surface area (Å²) in [5.74, 6) is 0.574. The molecule has 0 radical (unpaired) electrons. The molecule has 1 aromatic rings. The lowest BCUT2D eigenvalue weighted by Gasteiger charge is -2.22. The van der Waals surface area contributed by atoms with E-state index in [1.165, 1.54) is 0 Å². The highest BCUT2D eigenvalue weighted by molar-refractivity contribution is 6.00. The first kappa shape index (κ1) is 15.2. The molecule has 0 aliphatic carbocycles. The van der Waals surface area contributed by atoms with Crippen molar-refractivity contribution >= 4 is 17.4 Å². The molecule has 1 saturated heterocycles. The normalized spacial score (nSPS) is 18.6. The van der Waals surface area contributed by atoms with Gasteiger partial charge in [-0.3, -0.25) is 9.59 Å². The lowest BCUT2D eigenvalue weighted by molar-refractivity contribution is -0.121. The fourth-order valence-electron chi connectivity index (χ4n) is 3.42. The van der Waals surface area contributed by atoms with E-state index >= 15 is 0 Å². The number of hydrogen-bond acceptors (Lipinski definition) is 3. The van der Waals surface area contributed by atoms with Crippen LogP contribution in [0.2, 0.25) is 0 Å². The van der Waals surface area contributed by atoms with Crippen LogP contribution in [-0.2, 0) is 11.2 Å². The number of piperidine rings is 1. The lowest BCUT2D eigenvalue weighted by atomic mass is 9.89. The molecule has 1 aromatic carbocycles. The standard InChI is InChI=1S/C18H24N2O2/c1-12(2)18(22)20-10-7-14-11-15(3-4-16(14)20)17(21)13-5-8-19-9-6-13/h3-4,11-13,19H,5-10H2,1-2H3. The molecular weight excluding hydrogens is 276 g/mol. The molecule has 2 heterocycles. The van der Waals surface area contributed by atoms with Gasteiger partial charge in [0.1, 0.15) is 0 Å². The largest absolute Gasteiger partial charge is 0.317 e. The fourth-order valence-corrected chi connectivity index (χ4v) is 3.42. The summed E-state index contributed by atoms with van der Waals surface area (Å²) in [5, 5.41) is 3.30. The van der Waals surface area contributed by atoms with Crippen LogP contribution in [0.4, 0.5) is 5.69 Å². The molecule has 0 unspecified atom stereocenters. The first-order valence-corrected chi connectivity index (χ1v) is 8.27. The van der Waals surface area contributed by atoms with Gasteiger partial charge in [-0.25, -0.2) is 0 Å². The molecule has 0 atom stereocenters. The summed E-state index contributed by atoms with van der Waals surface area (Å²) in [7, 11) is 0. The summed E-state index contributed by atoms with van der Waals surface area (Å²) in [6.45, 7) is 6.44. The summed E-state index contributed by atoms with van der Waals surface area (Å²) in [4.78, 5) is 26.7. The summed E-state index contributed by atoms with van der Waals surface area (Å²) in [6.07, 6.45) is 2.70. The van der Waals surface area contributed by atoms with Crippen LogP contribution in [0, 0.1) is 11.8 Å². The number of nitrogens with one attached hydrogen (secondary N) is 1. The van der Waals surface area contributed by atoms with E-state index in [0.29, 0.717) is 0 Å². The topological polar surface area (TPSA) is 49.4 Å². The lowest BCUT2D eigenvalue weighted by Crippen LogP contribution is -2.32. The van der Waals surface area contributed by atoms with Gasteiger partial charge in [0.15, 0.2) is 5.78 Å². The zero-order valence-electron chi connectivity index (χ0n) is 13.4. The Balaban J connectivity index is 1.80. The van der Waals surface area contributed by atoms with Crippen molar-refractivity contribution in [2.24, 2.45) is 11.8 Å². The van der Waals surface area contributed by atoms with Crippen molar-refractivity contribution in [3.63, 3.8) is 0 Å². The summed E-state index contributed by atoms with van der Waals surface area (Å²) in [5.41, 5.74) is 2.93. The van der Waals surface area contributed by atoms with Crippen molar-refractivity contribution in [1.29, 1.82) is 0 Å². The zero-order valence-corrected chi connectivity index (χ0v) is 13.4. The summed E-state index contributed by atoms with van der Waals surface area (Å²) < 4.78 is 0. The monoisotopic (exact) mass is 300 g/mol. The van der Waals surface area contributed by atoms with Crippen LogP contribution in [0.5, 0.6) is 0 Å². The molecule has 0 aromatic heterocycles. The van der Waals surface area contributed by atoms with Crippen LogP contribution in [0.25, 0.3) is 0 Å². The highest BCUT2D eigenvalue weighted by atomic mass is 16.2. The van der Waals surface area contributed by atoms with Crippen LogP contribution in [0.1, 0.15) is 42.6 Å². The third-order valence-corrected chi connectivity index (χ3v) is 4.73. The minimum atomic E-state index is 0.00185. The van der Waals surface area contributed by atoms with Gasteiger partial charge in [-0.05, 0) is 56.1 Å². The molecule has 118 valence electrons. The van der Waals surface area contributed by atoms with E-state index in [-0.39, 0.29) is 23.5 Å². The molecule has 1 fully saturated rings. The van der Waals surface area contributed by atoms with E-state index in [1.807, 2.05) is 36.9 Å². The molecule has 3 rings (SSSR count). The smallest absolute Gasteiger partial charge is 0.229 e. The van der Waals surface area contributed by atoms with Crippen LogP contribution in [-0.4, -0.2) is 31.3 Å². The third kappa shape index (κ3) is 2.80. The van der Waals surface area contributed by atoms with Crippen molar-refractivity contribution < 1.29 is 9.59 Å². The van der Waals surface area contributed by atoms with Crippen molar-refractivity contribution in [2.45, 2.75) is 33.1 Å². The van der Waals surface area contributed by atoms with Gasteiger partial charge in [-0.2, -0.15) is 0 Å². The number of carbonyl (C=O) groups is 2. The number of benzene rings is 1. The van der Waals surface area contributed by atoms with Gasteiger partial charge in [0.25, 0.3) is 0 Å². The van der Waals surface area contributed by atoms with Gasteiger partial charge >= 0.3 is 0 Å². The minimum Gasteiger partial charge on any atom is -0.317 e. The predicted octanol–water partition coefficient (Wildman–Crippen LogP) is 2.41. The number of carbonyl (C=O) groups excluding carboxylic acids is 2. The van der Waals surface area contributed by atoms with Crippen molar-refractivity contribution in [2.75, 3.05) is 24.5 Å². The van der Waals surface area contributed by atoms with Crippen molar-refractivity contribution in [1.82, 2.24) is 5.32 Å². The van der Waals surface area contributed by atoms with Crippen molar-refractivity contribution in [3.8, 4) is 0 Å². The Morgan fingerprint density at radius 3 is 2.64 bits per heavy atom. The van der Waals surface area contributed by atoms with E-state index in [4.69, 9.17) is 0 Å². The minimum absolute atomic E-state index is 0.00185. The quantitative estimate of drug-likeness (QED) is 0.872. The number of Topliss-reactive ketones (excluding diaryl/α,β-unsaturated/α-hetero) is 1. The Hall–Kier alpha value is -1.68. The second-order valence-electron chi connectivity index (χ2n) is 6.63. The van der Waals surface area contributed by atoms with Gasteiger partial charge < -0.3 is 10.2 Å². The molecule has 1 amide bonds. The van der Waals surface area contributed by atoms with Crippen LogP contribution in [0.15, 0.2) is 18.2 Å². The van der Waals surface area contributed by atoms with Crippen molar-refractivity contribution in [3.05, 3.63) is 29.3 Å². The van der Waals surface area contributed by atoms with Gasteiger partial charge in [0.2, 0.25) is 5.91 Å². The average molecular weight is 300 g/mol. The van der Waals surface area contributed by atoms with E-state index in [1.54, 1.807) is 0 Å². The highest BCUT2D eigenvalue weighted by Crippen LogP contribution is 2.31. The maximum atomic E-state index is 12.6. The van der Waals surface area contributed by atoms with Gasteiger partial charge in [0.05, 0.1) is 0 Å². The number of rotatable bonds is 3. The molecule has 0 saturated carbocycles. The SMILES string of the molecule is CC(C)C(=O)N1CCc2cc(C(=O)C3CCNCC3)ccc21. The molecular formula is C18H24N2O2.